The van der Waals surface area contributed by atoms with Crippen LogP contribution < -0.4 is 10.0 Å². The number of nitrogens with zero attached hydrogens (tertiary/aromatic N) is 2. The fraction of sp³-hybridized carbons (Fsp3) is 0.700. The predicted molar refractivity (Wildman–Crippen MR) is 67.1 cm³/mol. The number of hydrogen-bond donors (Lipinski definition) is 2. The van der Waals surface area contributed by atoms with Crippen LogP contribution in [0.4, 0.5) is 0 Å². The molecular weight excluding hydrogens is 240 g/mol. The van der Waals surface area contributed by atoms with Gasteiger partial charge in [-0.3, -0.25) is 4.68 Å². The molecule has 0 saturated carbocycles. The first kappa shape index (κ1) is 14.1. The number of hydrogen-bond acceptors (Lipinski definition) is 4. The lowest BCUT2D eigenvalue weighted by Crippen LogP contribution is -2.27. The maximum Gasteiger partial charge on any atom is 0.208 e. The average Bonchev–Trinajstić information content (AvgIpc) is 2.62. The van der Waals surface area contributed by atoms with Crippen LogP contribution in [-0.4, -0.2) is 37.5 Å². The van der Waals surface area contributed by atoms with E-state index in [0.29, 0.717) is 6.54 Å². The van der Waals surface area contributed by atoms with Crippen LogP contribution in [-0.2, 0) is 17.1 Å². The molecule has 0 fully saturated rings. The van der Waals surface area contributed by atoms with E-state index in [1.54, 1.807) is 4.68 Å². The highest BCUT2D eigenvalue weighted by atomic mass is 32.2. The summed E-state index contributed by atoms with van der Waals surface area (Å²) in [6.45, 7) is 3.28. The molecule has 17 heavy (non-hydrogen) atoms. The van der Waals surface area contributed by atoms with E-state index in [1.165, 1.54) is 6.26 Å². The molecule has 2 N–H and O–H groups in total. The summed E-state index contributed by atoms with van der Waals surface area (Å²) in [4.78, 5) is 0. The van der Waals surface area contributed by atoms with E-state index in [9.17, 15) is 8.42 Å². The molecule has 0 aliphatic carbocycles. The second-order valence-corrected chi connectivity index (χ2v) is 5.98. The molecule has 6 nitrogen and oxygen atoms in total. The number of aryl methyl sites for hydroxylation is 1. The zero-order valence-electron chi connectivity index (χ0n) is 10.5. The molecule has 0 aliphatic heterocycles. The van der Waals surface area contributed by atoms with Gasteiger partial charge < -0.3 is 5.32 Å². The summed E-state index contributed by atoms with van der Waals surface area (Å²) in [5.74, 6) is 0. The number of sulfonamides is 1. The molecular formula is C10H20N4O2S. The second kappa shape index (κ2) is 6.13. The minimum Gasteiger partial charge on any atom is -0.310 e. The third-order valence-corrected chi connectivity index (χ3v) is 3.12. The molecule has 7 heteroatoms. The van der Waals surface area contributed by atoms with Gasteiger partial charge in [0.2, 0.25) is 10.0 Å². The molecule has 1 aromatic rings. The molecule has 1 aromatic heterocycles. The monoisotopic (exact) mass is 260 g/mol. The van der Waals surface area contributed by atoms with Gasteiger partial charge in [0.15, 0.2) is 0 Å². The maximum atomic E-state index is 10.8. The molecule has 1 unspecified atom stereocenters. The van der Waals surface area contributed by atoms with E-state index < -0.39 is 10.0 Å². The van der Waals surface area contributed by atoms with Crippen LogP contribution in [0.3, 0.4) is 0 Å². The topological polar surface area (TPSA) is 76.0 Å². The van der Waals surface area contributed by atoms with Gasteiger partial charge in [-0.25, -0.2) is 13.1 Å². The van der Waals surface area contributed by atoms with Crippen molar-refractivity contribution in [1.82, 2.24) is 19.8 Å². The number of nitrogens with one attached hydrogen (secondary N) is 2. The lowest BCUT2D eigenvalue weighted by molar-refractivity contribution is 0.548. The molecule has 0 radical (unpaired) electrons. The van der Waals surface area contributed by atoms with E-state index in [1.807, 2.05) is 19.4 Å². The Kier molecular flexibility index (Phi) is 5.10. The third-order valence-electron chi connectivity index (χ3n) is 2.39. The molecule has 0 bridgehead atoms. The molecule has 98 valence electrons. The van der Waals surface area contributed by atoms with Crippen molar-refractivity contribution in [3.63, 3.8) is 0 Å². The van der Waals surface area contributed by atoms with Gasteiger partial charge in [-0.1, -0.05) is 0 Å². The Balaban J connectivity index is 2.19. The SMILES string of the molecule is CC(NCCCNS(C)(=O)=O)c1cnn(C)c1. The van der Waals surface area contributed by atoms with Crippen LogP contribution in [0, 0.1) is 0 Å². The summed E-state index contributed by atoms with van der Waals surface area (Å²) in [6, 6.07) is 0.224. The fourth-order valence-electron chi connectivity index (χ4n) is 1.45. The van der Waals surface area contributed by atoms with Crippen molar-refractivity contribution in [2.45, 2.75) is 19.4 Å². The van der Waals surface area contributed by atoms with Crippen LogP contribution in [0.2, 0.25) is 0 Å². The minimum absolute atomic E-state index is 0.224. The minimum atomic E-state index is -3.06. The first-order chi connectivity index (χ1) is 7.88. The summed E-state index contributed by atoms with van der Waals surface area (Å²) in [7, 11) is -1.18. The lowest BCUT2D eigenvalue weighted by Gasteiger charge is -2.11. The number of rotatable bonds is 7. The molecule has 0 spiro atoms. The Hall–Kier alpha value is -0.920. The van der Waals surface area contributed by atoms with Crippen molar-refractivity contribution >= 4 is 10.0 Å². The molecule has 0 aromatic carbocycles. The fourth-order valence-corrected chi connectivity index (χ4v) is 1.96. The second-order valence-electron chi connectivity index (χ2n) is 4.14. The van der Waals surface area contributed by atoms with Crippen LogP contribution in [0.5, 0.6) is 0 Å². The van der Waals surface area contributed by atoms with Gasteiger partial charge in [0.1, 0.15) is 0 Å². The van der Waals surface area contributed by atoms with Crippen molar-refractivity contribution in [1.29, 1.82) is 0 Å². The number of aromatic nitrogens is 2. The van der Waals surface area contributed by atoms with Crippen molar-refractivity contribution in [3.8, 4) is 0 Å². The first-order valence-electron chi connectivity index (χ1n) is 5.55. The van der Waals surface area contributed by atoms with Crippen molar-refractivity contribution < 1.29 is 8.42 Å². The summed E-state index contributed by atoms with van der Waals surface area (Å²) in [5, 5.41) is 7.41. The zero-order valence-corrected chi connectivity index (χ0v) is 11.3. The molecule has 1 atom stereocenters. The summed E-state index contributed by atoms with van der Waals surface area (Å²) in [5.41, 5.74) is 1.13. The average molecular weight is 260 g/mol. The molecule has 0 saturated heterocycles. The smallest absolute Gasteiger partial charge is 0.208 e. The Labute approximate surface area is 102 Å². The van der Waals surface area contributed by atoms with Gasteiger partial charge in [0, 0.05) is 31.4 Å². The van der Waals surface area contributed by atoms with E-state index >= 15 is 0 Å². The van der Waals surface area contributed by atoms with E-state index in [-0.39, 0.29) is 6.04 Å². The van der Waals surface area contributed by atoms with E-state index in [4.69, 9.17) is 0 Å². The summed E-state index contributed by atoms with van der Waals surface area (Å²) >= 11 is 0. The van der Waals surface area contributed by atoms with Gasteiger partial charge in [-0.15, -0.1) is 0 Å². The van der Waals surface area contributed by atoms with Gasteiger partial charge in [0.05, 0.1) is 12.5 Å². The molecule has 0 amide bonds. The first-order valence-corrected chi connectivity index (χ1v) is 7.44. The Morgan fingerprint density at radius 1 is 1.47 bits per heavy atom. The summed E-state index contributed by atoms with van der Waals surface area (Å²) < 4.78 is 25.8. The lowest BCUT2D eigenvalue weighted by atomic mass is 10.2. The molecule has 0 aliphatic rings. The molecule has 1 heterocycles. The van der Waals surface area contributed by atoms with Crippen LogP contribution in [0.1, 0.15) is 24.9 Å². The Bertz CT molecular complexity index is 441. The largest absolute Gasteiger partial charge is 0.310 e. The normalized spacial score (nSPS) is 13.8. The highest BCUT2D eigenvalue weighted by molar-refractivity contribution is 7.88. The quantitative estimate of drug-likeness (QED) is 0.677. The van der Waals surface area contributed by atoms with Gasteiger partial charge in [-0.05, 0) is 19.9 Å². The van der Waals surface area contributed by atoms with Crippen molar-refractivity contribution in [2.24, 2.45) is 7.05 Å². The Morgan fingerprint density at radius 3 is 2.71 bits per heavy atom. The predicted octanol–water partition coefficient (Wildman–Crippen LogP) is 0.0100. The van der Waals surface area contributed by atoms with Crippen molar-refractivity contribution in [2.75, 3.05) is 19.3 Å². The van der Waals surface area contributed by atoms with Crippen molar-refractivity contribution in [3.05, 3.63) is 18.0 Å². The van der Waals surface area contributed by atoms with Crippen LogP contribution >= 0.6 is 0 Å². The van der Waals surface area contributed by atoms with E-state index in [2.05, 4.69) is 22.1 Å². The van der Waals surface area contributed by atoms with Crippen LogP contribution in [0.15, 0.2) is 12.4 Å². The molecule has 1 rings (SSSR count). The van der Waals surface area contributed by atoms with Gasteiger partial charge in [0.25, 0.3) is 0 Å². The van der Waals surface area contributed by atoms with Gasteiger partial charge in [-0.2, -0.15) is 5.10 Å². The van der Waals surface area contributed by atoms with Gasteiger partial charge >= 0.3 is 0 Å². The third kappa shape index (κ3) is 5.81. The highest BCUT2D eigenvalue weighted by Gasteiger charge is 2.06. The van der Waals surface area contributed by atoms with E-state index in [0.717, 1.165) is 18.5 Å². The zero-order chi connectivity index (χ0) is 12.9. The maximum absolute atomic E-state index is 10.8. The highest BCUT2D eigenvalue weighted by Crippen LogP contribution is 2.09. The standard InChI is InChI=1S/C10H20N4O2S/c1-9(10-7-12-14(2)8-10)11-5-4-6-13-17(3,15)16/h7-9,11,13H,4-6H2,1-3H3. The Morgan fingerprint density at radius 2 is 2.18 bits per heavy atom. The summed E-state index contributed by atoms with van der Waals surface area (Å²) in [6.07, 6.45) is 5.72. The van der Waals surface area contributed by atoms with Crippen LogP contribution in [0.25, 0.3) is 0 Å².